The van der Waals surface area contributed by atoms with Crippen molar-refractivity contribution < 1.29 is 23.7 Å². The molecule has 0 atom stereocenters. The summed E-state index contributed by atoms with van der Waals surface area (Å²) in [6.45, 7) is 3.88. The first-order valence-electron chi connectivity index (χ1n) is 4.93. The van der Waals surface area contributed by atoms with Crippen LogP contribution in [0, 0.1) is 0 Å². The molecule has 0 aliphatic rings. The smallest absolute Gasteiger partial charge is 0.247 e. The summed E-state index contributed by atoms with van der Waals surface area (Å²) in [6.07, 6.45) is 0. The molecule has 0 aliphatic heterocycles. The summed E-state index contributed by atoms with van der Waals surface area (Å²) in [7, 11) is 0. The van der Waals surface area contributed by atoms with Crippen molar-refractivity contribution >= 4 is 40.8 Å². The number of carbonyl (C=O) groups is 2. The van der Waals surface area contributed by atoms with E-state index in [2.05, 4.69) is 5.32 Å². The molecule has 0 saturated heterocycles. The number of carboxylic acids is 1. The van der Waals surface area contributed by atoms with Crippen LogP contribution in [-0.2, 0) is 30.4 Å². The monoisotopic (exact) mass is 300 g/mol. The molecule has 0 radical (unpaired) electrons. The summed E-state index contributed by atoms with van der Waals surface area (Å²) < 4.78 is 10.6. The largest absolute Gasteiger partial charge is 0.548 e. The van der Waals surface area contributed by atoms with E-state index in [1.807, 2.05) is 0 Å². The second kappa shape index (κ2) is 8.88. The molecular weight excluding hydrogens is 285 g/mol. The quantitative estimate of drug-likeness (QED) is 0.594. The van der Waals surface area contributed by atoms with Crippen molar-refractivity contribution in [2.45, 2.75) is 13.8 Å². The Hall–Kier alpha value is -0.140. The van der Waals surface area contributed by atoms with Crippen LogP contribution in [0.4, 0.5) is 0 Å². The van der Waals surface area contributed by atoms with Gasteiger partial charge in [0.05, 0.1) is 31.5 Å². The van der Waals surface area contributed by atoms with Crippen molar-refractivity contribution in [2.24, 2.45) is 0 Å². The second-order valence-corrected chi connectivity index (χ2v) is 9.01. The zero-order valence-corrected chi connectivity index (χ0v) is 12.2. The fraction of sp³-hybridized carbons (Fsp3) is 0.750. The highest BCUT2D eigenvalue weighted by Crippen LogP contribution is 2.60. The Balaban J connectivity index is 4.08. The Kier molecular flexibility index (Phi) is 8.81. The van der Waals surface area contributed by atoms with Crippen LogP contribution in [-0.4, -0.2) is 37.4 Å². The predicted molar refractivity (Wildman–Crippen MR) is 68.0 cm³/mol. The Morgan fingerprint density at radius 2 is 1.88 bits per heavy atom. The molecule has 1 amide bonds. The first-order valence-corrected chi connectivity index (χ1v) is 9.16. The normalized spacial score (nSPS) is 11.2. The molecule has 9 heteroatoms. The Bertz CT molecular complexity index is 302. The van der Waals surface area contributed by atoms with E-state index in [0.29, 0.717) is 13.2 Å². The Morgan fingerprint density at radius 1 is 1.35 bits per heavy atom. The van der Waals surface area contributed by atoms with Gasteiger partial charge in [-0.05, 0) is 25.7 Å². The van der Waals surface area contributed by atoms with Crippen LogP contribution in [0.5, 0.6) is 0 Å². The molecule has 100 valence electrons. The van der Waals surface area contributed by atoms with Crippen LogP contribution in [0.1, 0.15) is 13.8 Å². The van der Waals surface area contributed by atoms with Crippen LogP contribution < -0.4 is 10.4 Å². The highest BCUT2D eigenvalue weighted by Gasteiger charge is 2.20. The lowest BCUT2D eigenvalue weighted by Gasteiger charge is -2.19. The van der Waals surface area contributed by atoms with Gasteiger partial charge in [-0.3, -0.25) is 4.79 Å². The molecule has 6 nitrogen and oxygen atoms in total. The molecule has 0 heterocycles. The van der Waals surface area contributed by atoms with Gasteiger partial charge in [0.1, 0.15) is 0 Å². The SMILES string of the molecule is CCOP(=S)(OCC)SCC(=O)NCC(=O)[O-]. The molecule has 17 heavy (non-hydrogen) atoms. The molecule has 0 rings (SSSR count). The molecule has 0 fully saturated rings. The van der Waals surface area contributed by atoms with Gasteiger partial charge in [-0.15, -0.1) is 0 Å². The zero-order valence-electron chi connectivity index (χ0n) is 9.63. The van der Waals surface area contributed by atoms with E-state index in [-0.39, 0.29) is 5.75 Å². The maximum Gasteiger partial charge on any atom is 0.247 e. The van der Waals surface area contributed by atoms with Gasteiger partial charge in [0.25, 0.3) is 0 Å². The van der Waals surface area contributed by atoms with Gasteiger partial charge in [-0.25, -0.2) is 0 Å². The van der Waals surface area contributed by atoms with Crippen LogP contribution >= 0.6 is 17.1 Å². The molecule has 0 aliphatic carbocycles. The first kappa shape index (κ1) is 16.9. The second-order valence-electron chi connectivity index (χ2n) is 2.70. The minimum absolute atomic E-state index is 0.00452. The molecular formula is C8H15NO5PS2-. The molecule has 0 saturated carbocycles. The van der Waals surface area contributed by atoms with Gasteiger partial charge < -0.3 is 24.3 Å². The number of hydrogen-bond acceptors (Lipinski definition) is 7. The molecule has 0 bridgehead atoms. The van der Waals surface area contributed by atoms with Crippen molar-refractivity contribution in [3.05, 3.63) is 0 Å². The molecule has 0 aromatic rings. The first-order chi connectivity index (χ1) is 7.93. The van der Waals surface area contributed by atoms with Crippen LogP contribution in [0.15, 0.2) is 0 Å². The van der Waals surface area contributed by atoms with E-state index in [1.165, 1.54) is 0 Å². The summed E-state index contributed by atoms with van der Waals surface area (Å²) in [5.74, 6) is -1.77. The van der Waals surface area contributed by atoms with Crippen molar-refractivity contribution in [3.8, 4) is 0 Å². The average molecular weight is 300 g/mol. The van der Waals surface area contributed by atoms with Crippen molar-refractivity contribution in [3.63, 3.8) is 0 Å². The molecule has 0 aromatic heterocycles. The predicted octanol–water partition coefficient (Wildman–Crippen LogP) is -0.117. The minimum Gasteiger partial charge on any atom is -0.548 e. The maximum absolute atomic E-state index is 11.2. The van der Waals surface area contributed by atoms with Crippen LogP contribution in [0.25, 0.3) is 0 Å². The third-order valence-corrected chi connectivity index (χ3v) is 6.76. The van der Waals surface area contributed by atoms with E-state index in [1.54, 1.807) is 13.8 Å². The molecule has 0 spiro atoms. The number of carbonyl (C=O) groups excluding carboxylic acids is 2. The number of rotatable bonds is 9. The third-order valence-electron chi connectivity index (χ3n) is 1.36. The summed E-state index contributed by atoms with van der Waals surface area (Å²) in [6, 6.07) is 0. The van der Waals surface area contributed by atoms with Crippen LogP contribution in [0.3, 0.4) is 0 Å². The van der Waals surface area contributed by atoms with Gasteiger partial charge in [0.15, 0.2) is 0 Å². The number of hydrogen-bond donors (Lipinski definition) is 1. The van der Waals surface area contributed by atoms with Gasteiger partial charge in [0, 0.05) is 0 Å². The van der Waals surface area contributed by atoms with E-state index in [4.69, 9.17) is 20.9 Å². The lowest BCUT2D eigenvalue weighted by Crippen LogP contribution is -2.38. The summed E-state index contributed by atoms with van der Waals surface area (Å²) in [5.41, 5.74) is -2.49. The maximum atomic E-state index is 11.2. The average Bonchev–Trinajstić information content (AvgIpc) is 2.24. The van der Waals surface area contributed by atoms with Crippen LogP contribution in [0.2, 0.25) is 0 Å². The number of amides is 1. The fourth-order valence-electron chi connectivity index (χ4n) is 0.787. The van der Waals surface area contributed by atoms with Gasteiger partial charge >= 0.3 is 0 Å². The molecule has 0 unspecified atom stereocenters. The van der Waals surface area contributed by atoms with E-state index < -0.39 is 24.1 Å². The Morgan fingerprint density at radius 3 is 2.29 bits per heavy atom. The Labute approximate surface area is 109 Å². The van der Waals surface area contributed by atoms with Gasteiger partial charge in [-0.2, -0.15) is 0 Å². The molecule has 1 N–H and O–H groups in total. The standard InChI is InChI=1S/C8H16NO5PS2/c1-3-13-15(16,14-4-2)17-6-7(10)9-5-8(11)12/h3-6H2,1-2H3,(H,9,10)(H,11,12)/p-1. The number of carboxylic acid groups (broad SMARTS) is 1. The summed E-state index contributed by atoms with van der Waals surface area (Å²) in [5, 5.41) is 12.3. The fourth-order valence-corrected chi connectivity index (χ4v) is 5.03. The van der Waals surface area contributed by atoms with E-state index >= 15 is 0 Å². The summed E-state index contributed by atoms with van der Waals surface area (Å²) in [4.78, 5) is 21.4. The zero-order chi connectivity index (χ0) is 13.3. The van der Waals surface area contributed by atoms with E-state index in [9.17, 15) is 14.7 Å². The lowest BCUT2D eigenvalue weighted by atomic mass is 10.6. The minimum atomic E-state index is -2.49. The van der Waals surface area contributed by atoms with Crippen molar-refractivity contribution in [2.75, 3.05) is 25.5 Å². The number of aliphatic carboxylic acids is 1. The van der Waals surface area contributed by atoms with Gasteiger partial charge in [0.2, 0.25) is 11.6 Å². The third kappa shape index (κ3) is 8.57. The number of nitrogens with one attached hydrogen (secondary N) is 1. The van der Waals surface area contributed by atoms with Gasteiger partial charge in [-0.1, -0.05) is 11.4 Å². The van der Waals surface area contributed by atoms with E-state index in [0.717, 1.165) is 11.4 Å². The highest BCUT2D eigenvalue weighted by molar-refractivity contribution is 8.68. The topological polar surface area (TPSA) is 87.7 Å². The summed E-state index contributed by atoms with van der Waals surface area (Å²) >= 11 is 6.26. The van der Waals surface area contributed by atoms with Crippen molar-refractivity contribution in [1.29, 1.82) is 0 Å². The van der Waals surface area contributed by atoms with Crippen molar-refractivity contribution in [1.82, 2.24) is 5.32 Å². The lowest BCUT2D eigenvalue weighted by molar-refractivity contribution is -0.303. The molecule has 0 aromatic carbocycles. The highest BCUT2D eigenvalue weighted by atomic mass is 32.9.